The predicted octanol–water partition coefficient (Wildman–Crippen LogP) is 2.38. The number of likely N-dealkylation sites (tertiary alicyclic amines) is 1. The molecule has 1 aliphatic rings. The molecule has 0 bridgehead atoms. The van der Waals surface area contributed by atoms with Crippen molar-refractivity contribution >= 4 is 5.91 Å². The van der Waals surface area contributed by atoms with E-state index >= 15 is 0 Å². The molecule has 1 fully saturated rings. The summed E-state index contributed by atoms with van der Waals surface area (Å²) in [5, 5.41) is 0. The number of nitrogens with one attached hydrogen (secondary N) is 1. The maximum Gasteiger partial charge on any atom is 0.251 e. The highest BCUT2D eigenvalue weighted by Crippen LogP contribution is 2.30. The number of ether oxygens (including phenoxy) is 1. The highest BCUT2D eigenvalue weighted by molar-refractivity contribution is 5.77. The number of aromatic amines is 1. The molecule has 1 aliphatic heterocycles. The van der Waals surface area contributed by atoms with Crippen molar-refractivity contribution in [2.45, 2.75) is 38.6 Å². The van der Waals surface area contributed by atoms with E-state index in [0.717, 1.165) is 24.2 Å². The molecule has 1 saturated heterocycles. The molecule has 0 radical (unpaired) electrons. The summed E-state index contributed by atoms with van der Waals surface area (Å²) in [6.07, 6.45) is 2.89. The van der Waals surface area contributed by atoms with E-state index in [4.69, 9.17) is 4.74 Å². The molecule has 0 spiro atoms. The number of benzene rings is 1. The number of hydrogen-bond acceptors (Lipinski definition) is 4. The summed E-state index contributed by atoms with van der Waals surface area (Å²) >= 11 is 0. The summed E-state index contributed by atoms with van der Waals surface area (Å²) in [5.41, 5.74) is 1.61. The largest absolute Gasteiger partial charge is 0.497 e. The van der Waals surface area contributed by atoms with Crippen LogP contribution in [0.4, 0.5) is 0 Å². The summed E-state index contributed by atoms with van der Waals surface area (Å²) in [6, 6.07) is 9.10. The molecule has 1 aromatic heterocycles. The van der Waals surface area contributed by atoms with Crippen molar-refractivity contribution in [1.29, 1.82) is 0 Å². The lowest BCUT2D eigenvalue weighted by Gasteiger charge is -2.24. The Kier molecular flexibility index (Phi) is 5.16. The zero-order valence-electron chi connectivity index (χ0n) is 14.6. The minimum Gasteiger partial charge on any atom is -0.497 e. The number of methoxy groups -OCH3 is 1. The van der Waals surface area contributed by atoms with Gasteiger partial charge < -0.3 is 14.6 Å². The van der Waals surface area contributed by atoms with E-state index in [1.165, 1.54) is 6.07 Å². The Bertz CT molecular complexity index is 798. The van der Waals surface area contributed by atoms with Crippen molar-refractivity contribution in [2.75, 3.05) is 13.7 Å². The third-order valence-corrected chi connectivity index (χ3v) is 4.56. The average molecular weight is 341 g/mol. The van der Waals surface area contributed by atoms with E-state index in [-0.39, 0.29) is 17.5 Å². The number of amides is 1. The molecule has 132 valence electrons. The maximum absolute atomic E-state index is 12.7. The molecular formula is C19H23N3O3. The summed E-state index contributed by atoms with van der Waals surface area (Å²) in [4.78, 5) is 33.4. The molecular weight excluding hydrogens is 318 g/mol. The van der Waals surface area contributed by atoms with E-state index in [2.05, 4.69) is 9.97 Å². The van der Waals surface area contributed by atoms with Gasteiger partial charge in [0.2, 0.25) is 5.91 Å². The van der Waals surface area contributed by atoms with Crippen molar-refractivity contribution in [3.63, 3.8) is 0 Å². The highest BCUT2D eigenvalue weighted by Gasteiger charge is 2.31. The van der Waals surface area contributed by atoms with Crippen LogP contribution in [0.3, 0.4) is 0 Å². The second-order valence-corrected chi connectivity index (χ2v) is 6.37. The topological polar surface area (TPSA) is 75.3 Å². The SMILES string of the molecule is COc1ccc(CCC(=O)N2CCC[C@H]2c2nc(C)cc(=O)[nH]2)cc1. The van der Waals surface area contributed by atoms with Crippen LogP contribution in [0.5, 0.6) is 5.75 Å². The van der Waals surface area contributed by atoms with Crippen LogP contribution in [-0.4, -0.2) is 34.4 Å². The van der Waals surface area contributed by atoms with Gasteiger partial charge in [0.05, 0.1) is 13.2 Å². The van der Waals surface area contributed by atoms with Crippen LogP contribution in [0.1, 0.15) is 42.4 Å². The van der Waals surface area contributed by atoms with Crippen molar-refractivity contribution in [3.05, 3.63) is 57.8 Å². The number of hydrogen-bond donors (Lipinski definition) is 1. The molecule has 0 unspecified atom stereocenters. The Morgan fingerprint density at radius 1 is 1.36 bits per heavy atom. The van der Waals surface area contributed by atoms with Crippen molar-refractivity contribution < 1.29 is 9.53 Å². The molecule has 3 rings (SSSR count). The number of rotatable bonds is 5. The fraction of sp³-hybridized carbons (Fsp3) is 0.421. The molecule has 6 heteroatoms. The lowest BCUT2D eigenvalue weighted by Crippen LogP contribution is -2.32. The first kappa shape index (κ1) is 17.2. The van der Waals surface area contributed by atoms with Crippen LogP contribution in [0.25, 0.3) is 0 Å². The minimum atomic E-state index is -0.167. The van der Waals surface area contributed by atoms with Gasteiger partial charge in [0.25, 0.3) is 5.56 Å². The predicted molar refractivity (Wildman–Crippen MR) is 94.6 cm³/mol. The smallest absolute Gasteiger partial charge is 0.251 e. The van der Waals surface area contributed by atoms with Crippen molar-refractivity contribution in [1.82, 2.24) is 14.9 Å². The Morgan fingerprint density at radius 3 is 2.80 bits per heavy atom. The molecule has 1 amide bonds. The van der Waals surface area contributed by atoms with Gasteiger partial charge in [-0.2, -0.15) is 0 Å². The molecule has 1 N–H and O–H groups in total. The zero-order valence-corrected chi connectivity index (χ0v) is 14.6. The van der Waals surface area contributed by atoms with E-state index < -0.39 is 0 Å². The Labute approximate surface area is 146 Å². The normalized spacial score (nSPS) is 16.9. The molecule has 25 heavy (non-hydrogen) atoms. The monoisotopic (exact) mass is 341 g/mol. The number of nitrogens with zero attached hydrogens (tertiary/aromatic N) is 2. The van der Waals surface area contributed by atoms with Crippen molar-refractivity contribution in [3.8, 4) is 5.75 Å². The molecule has 1 aromatic carbocycles. The second-order valence-electron chi connectivity index (χ2n) is 6.37. The van der Waals surface area contributed by atoms with E-state index in [1.54, 1.807) is 14.0 Å². The minimum absolute atomic E-state index is 0.0995. The lowest BCUT2D eigenvalue weighted by molar-refractivity contribution is -0.132. The number of carbonyl (C=O) groups is 1. The first-order chi connectivity index (χ1) is 12.1. The fourth-order valence-corrected chi connectivity index (χ4v) is 3.30. The van der Waals surface area contributed by atoms with Gasteiger partial charge in [-0.1, -0.05) is 12.1 Å². The van der Waals surface area contributed by atoms with Gasteiger partial charge in [-0.15, -0.1) is 0 Å². The Hall–Kier alpha value is -2.63. The quantitative estimate of drug-likeness (QED) is 0.906. The number of H-pyrrole nitrogens is 1. The van der Waals surface area contributed by atoms with Crippen LogP contribution in [0, 0.1) is 6.92 Å². The van der Waals surface area contributed by atoms with Crippen LogP contribution in [0.15, 0.2) is 35.1 Å². The molecule has 2 heterocycles. The summed E-state index contributed by atoms with van der Waals surface area (Å²) in [6.45, 7) is 2.51. The third-order valence-electron chi connectivity index (χ3n) is 4.56. The van der Waals surface area contributed by atoms with Crippen LogP contribution in [-0.2, 0) is 11.2 Å². The molecule has 6 nitrogen and oxygen atoms in total. The molecule has 0 aliphatic carbocycles. The van der Waals surface area contributed by atoms with Gasteiger partial charge in [-0.05, 0) is 43.9 Å². The number of aryl methyl sites for hydroxylation is 2. The first-order valence-electron chi connectivity index (χ1n) is 8.57. The molecule has 0 saturated carbocycles. The van der Waals surface area contributed by atoms with Crippen LogP contribution < -0.4 is 10.3 Å². The summed E-state index contributed by atoms with van der Waals surface area (Å²) in [5.74, 6) is 1.51. The number of carbonyl (C=O) groups excluding carboxylic acids is 1. The highest BCUT2D eigenvalue weighted by atomic mass is 16.5. The molecule has 2 aromatic rings. The Balaban J connectivity index is 1.66. The van der Waals surface area contributed by atoms with Gasteiger partial charge in [0.1, 0.15) is 11.6 Å². The van der Waals surface area contributed by atoms with E-state index in [9.17, 15) is 9.59 Å². The van der Waals surface area contributed by atoms with Gasteiger partial charge >= 0.3 is 0 Å². The van der Waals surface area contributed by atoms with E-state index in [1.807, 2.05) is 29.2 Å². The van der Waals surface area contributed by atoms with Gasteiger partial charge in [-0.25, -0.2) is 4.98 Å². The Morgan fingerprint density at radius 2 is 2.12 bits per heavy atom. The number of aromatic nitrogens is 2. The van der Waals surface area contributed by atoms with Gasteiger partial charge in [0.15, 0.2) is 0 Å². The zero-order chi connectivity index (χ0) is 17.8. The summed E-state index contributed by atoms with van der Waals surface area (Å²) in [7, 11) is 1.63. The lowest BCUT2D eigenvalue weighted by atomic mass is 10.1. The average Bonchev–Trinajstić information content (AvgIpc) is 3.09. The summed E-state index contributed by atoms with van der Waals surface area (Å²) < 4.78 is 5.15. The standard InChI is InChI=1S/C19H23N3O3/c1-13-12-17(23)21-19(20-13)16-4-3-11-22(16)18(24)10-7-14-5-8-15(25-2)9-6-14/h5-6,8-9,12,16H,3-4,7,10-11H2,1-2H3,(H,20,21,23)/t16-/m0/s1. The van der Waals surface area contributed by atoms with Crippen LogP contribution in [0.2, 0.25) is 0 Å². The van der Waals surface area contributed by atoms with E-state index in [0.29, 0.717) is 30.9 Å². The van der Waals surface area contributed by atoms with Gasteiger partial charge in [-0.3, -0.25) is 9.59 Å². The first-order valence-corrected chi connectivity index (χ1v) is 8.57. The fourth-order valence-electron chi connectivity index (χ4n) is 3.30. The maximum atomic E-state index is 12.7. The van der Waals surface area contributed by atoms with Gasteiger partial charge in [0, 0.05) is 24.7 Å². The second kappa shape index (κ2) is 7.51. The van der Waals surface area contributed by atoms with Crippen molar-refractivity contribution in [2.24, 2.45) is 0 Å². The molecule has 1 atom stereocenters. The van der Waals surface area contributed by atoms with Crippen LogP contribution >= 0.6 is 0 Å². The third kappa shape index (κ3) is 4.07.